The van der Waals surface area contributed by atoms with Crippen molar-refractivity contribution in [1.82, 2.24) is 25.3 Å². The van der Waals surface area contributed by atoms with E-state index in [4.69, 9.17) is 4.98 Å². The topological polar surface area (TPSA) is 125 Å². The first-order valence-electron chi connectivity index (χ1n) is 11.1. The molecule has 178 valence electrons. The molecular weight excluding hydrogens is 464 g/mol. The zero-order chi connectivity index (χ0) is 24.1. The van der Waals surface area contributed by atoms with Crippen molar-refractivity contribution in [1.29, 1.82) is 0 Å². The summed E-state index contributed by atoms with van der Waals surface area (Å²) in [5.41, 5.74) is 1.77. The number of aromatic nitrogens is 4. The highest BCUT2D eigenvalue weighted by Gasteiger charge is 2.17. The van der Waals surface area contributed by atoms with E-state index in [9.17, 15) is 8.42 Å². The smallest absolute Gasteiger partial charge is 0.261 e. The molecule has 1 aliphatic heterocycles. The summed E-state index contributed by atoms with van der Waals surface area (Å²) in [5, 5.41) is 6.44. The molecule has 0 aliphatic carbocycles. The van der Waals surface area contributed by atoms with Crippen molar-refractivity contribution in [2.45, 2.75) is 4.90 Å². The Morgan fingerprint density at radius 2 is 1.71 bits per heavy atom. The number of rotatable bonds is 7. The van der Waals surface area contributed by atoms with E-state index >= 15 is 0 Å². The number of nitrogens with one attached hydrogen (secondary N) is 3. The lowest BCUT2D eigenvalue weighted by molar-refractivity contribution is 0.585. The van der Waals surface area contributed by atoms with Gasteiger partial charge in [-0.2, -0.15) is 0 Å². The van der Waals surface area contributed by atoms with Gasteiger partial charge >= 0.3 is 0 Å². The van der Waals surface area contributed by atoms with Crippen LogP contribution in [0, 0.1) is 0 Å². The molecule has 5 rings (SSSR count). The van der Waals surface area contributed by atoms with Crippen molar-refractivity contribution in [3.63, 3.8) is 0 Å². The molecule has 0 saturated carbocycles. The predicted molar refractivity (Wildman–Crippen MR) is 135 cm³/mol. The summed E-state index contributed by atoms with van der Waals surface area (Å²) in [7, 11) is -3.79. The van der Waals surface area contributed by atoms with E-state index in [1.165, 1.54) is 0 Å². The molecule has 1 fully saturated rings. The van der Waals surface area contributed by atoms with Crippen molar-refractivity contribution >= 4 is 33.2 Å². The van der Waals surface area contributed by atoms with E-state index in [0.29, 0.717) is 23.0 Å². The van der Waals surface area contributed by atoms with Crippen LogP contribution in [-0.2, 0) is 10.0 Å². The van der Waals surface area contributed by atoms with Gasteiger partial charge in [-0.05, 0) is 30.3 Å². The van der Waals surface area contributed by atoms with Crippen molar-refractivity contribution in [2.75, 3.05) is 41.1 Å². The fourth-order valence-electron chi connectivity index (χ4n) is 3.75. The summed E-state index contributed by atoms with van der Waals surface area (Å²) in [6.45, 7) is 3.51. The van der Waals surface area contributed by atoms with Gasteiger partial charge in [-0.3, -0.25) is 9.71 Å². The minimum absolute atomic E-state index is 0.173. The van der Waals surface area contributed by atoms with Gasteiger partial charge in [0, 0.05) is 56.4 Å². The maximum Gasteiger partial charge on any atom is 0.261 e. The van der Waals surface area contributed by atoms with Crippen molar-refractivity contribution < 1.29 is 8.42 Å². The maximum absolute atomic E-state index is 13.0. The molecule has 0 unspecified atom stereocenters. The molecule has 35 heavy (non-hydrogen) atoms. The molecule has 3 N–H and O–H groups in total. The van der Waals surface area contributed by atoms with Gasteiger partial charge < -0.3 is 15.5 Å². The van der Waals surface area contributed by atoms with Crippen molar-refractivity contribution in [3.8, 4) is 11.3 Å². The van der Waals surface area contributed by atoms with Crippen LogP contribution >= 0.6 is 0 Å². The molecule has 3 aromatic heterocycles. The molecule has 0 spiro atoms. The molecule has 0 radical (unpaired) electrons. The largest absolute Gasteiger partial charge is 0.354 e. The van der Waals surface area contributed by atoms with E-state index in [-0.39, 0.29) is 4.90 Å². The normalized spacial score (nSPS) is 13.9. The fraction of sp³-hybridized carbons (Fsp3) is 0.167. The number of pyridine rings is 2. The van der Waals surface area contributed by atoms with Crippen molar-refractivity contribution in [2.24, 2.45) is 0 Å². The highest BCUT2D eigenvalue weighted by atomic mass is 32.2. The molecule has 0 amide bonds. The average Bonchev–Trinajstić information content (AvgIpc) is 2.90. The van der Waals surface area contributed by atoms with Crippen LogP contribution in [0.1, 0.15) is 0 Å². The Kier molecular flexibility index (Phi) is 6.51. The minimum atomic E-state index is -3.79. The number of sulfonamides is 1. The second-order valence-electron chi connectivity index (χ2n) is 7.90. The number of piperazine rings is 1. The maximum atomic E-state index is 13.0. The van der Waals surface area contributed by atoms with Crippen LogP contribution < -0.4 is 20.3 Å². The highest BCUT2D eigenvalue weighted by Crippen LogP contribution is 2.28. The molecule has 1 saturated heterocycles. The lowest BCUT2D eigenvalue weighted by atomic mass is 10.1. The van der Waals surface area contributed by atoms with E-state index in [2.05, 4.69) is 35.2 Å². The van der Waals surface area contributed by atoms with Crippen LogP contribution in [0.3, 0.4) is 0 Å². The molecule has 4 heterocycles. The zero-order valence-corrected chi connectivity index (χ0v) is 19.6. The Morgan fingerprint density at radius 1 is 0.886 bits per heavy atom. The Labute approximate surface area is 203 Å². The summed E-state index contributed by atoms with van der Waals surface area (Å²) in [6, 6.07) is 15.4. The fourth-order valence-corrected chi connectivity index (χ4v) is 4.82. The van der Waals surface area contributed by atoms with Gasteiger partial charge in [-0.25, -0.2) is 23.4 Å². The molecule has 4 aromatic rings. The molecule has 10 nitrogen and oxygen atoms in total. The average molecular weight is 489 g/mol. The van der Waals surface area contributed by atoms with Gasteiger partial charge in [-0.1, -0.05) is 18.2 Å². The van der Waals surface area contributed by atoms with Gasteiger partial charge in [0.05, 0.1) is 22.5 Å². The van der Waals surface area contributed by atoms with E-state index in [1.807, 2.05) is 12.1 Å². The van der Waals surface area contributed by atoms with E-state index in [1.54, 1.807) is 67.3 Å². The molecule has 11 heteroatoms. The summed E-state index contributed by atoms with van der Waals surface area (Å²) < 4.78 is 28.6. The lowest BCUT2D eigenvalue weighted by Crippen LogP contribution is -2.43. The lowest BCUT2D eigenvalue weighted by Gasteiger charge is -2.28. The van der Waals surface area contributed by atoms with E-state index < -0.39 is 10.0 Å². The van der Waals surface area contributed by atoms with Gasteiger partial charge in [0.25, 0.3) is 10.0 Å². The van der Waals surface area contributed by atoms with E-state index in [0.717, 1.165) is 37.6 Å². The standard InChI is InChI=1S/C24H24N8O2S/c33-35(34,20-4-2-1-3-5-20)31-19-15-21(29-22(16-19)30-23-17-26-8-9-27-23)18-6-7-28-24(14-18)32-12-10-25-11-13-32/h1-9,14-17,25H,10-13H2,(H2,27,29,30,31). The summed E-state index contributed by atoms with van der Waals surface area (Å²) in [6.07, 6.45) is 6.44. The first-order chi connectivity index (χ1) is 17.1. The number of hydrogen-bond donors (Lipinski definition) is 3. The SMILES string of the molecule is O=S(=O)(Nc1cc(Nc2cnccn2)nc(-c2ccnc(N3CCNCC3)c2)c1)c1ccccc1. The van der Waals surface area contributed by atoms with Crippen LogP contribution in [0.15, 0.2) is 84.3 Å². The predicted octanol–water partition coefficient (Wildman–Crippen LogP) is 2.89. The zero-order valence-electron chi connectivity index (χ0n) is 18.8. The van der Waals surface area contributed by atoms with Crippen LogP contribution in [0.4, 0.5) is 23.1 Å². The second-order valence-corrected chi connectivity index (χ2v) is 9.58. The summed E-state index contributed by atoms with van der Waals surface area (Å²) in [5.74, 6) is 1.77. The summed E-state index contributed by atoms with van der Waals surface area (Å²) >= 11 is 0. The van der Waals surface area contributed by atoms with Gasteiger partial charge in [0.1, 0.15) is 17.5 Å². The molecular formula is C24H24N8O2S. The number of nitrogens with zero attached hydrogens (tertiary/aromatic N) is 5. The molecule has 0 atom stereocenters. The number of anilines is 4. The Balaban J connectivity index is 1.52. The third kappa shape index (κ3) is 5.53. The van der Waals surface area contributed by atoms with Crippen LogP contribution in [0.25, 0.3) is 11.3 Å². The highest BCUT2D eigenvalue weighted by molar-refractivity contribution is 7.92. The van der Waals surface area contributed by atoms with Crippen LogP contribution in [0.5, 0.6) is 0 Å². The molecule has 0 bridgehead atoms. The number of hydrogen-bond acceptors (Lipinski definition) is 9. The number of benzene rings is 1. The third-order valence-corrected chi connectivity index (χ3v) is 6.83. The molecule has 1 aromatic carbocycles. The minimum Gasteiger partial charge on any atom is -0.354 e. The Morgan fingerprint density at radius 3 is 2.49 bits per heavy atom. The van der Waals surface area contributed by atoms with Gasteiger partial charge in [0.15, 0.2) is 0 Å². The first-order valence-corrected chi connectivity index (χ1v) is 12.6. The Hall–Kier alpha value is -4.09. The van der Waals surface area contributed by atoms with Gasteiger partial charge in [-0.15, -0.1) is 0 Å². The van der Waals surface area contributed by atoms with Gasteiger partial charge in [0.2, 0.25) is 0 Å². The quantitative estimate of drug-likeness (QED) is 0.360. The van der Waals surface area contributed by atoms with Crippen LogP contribution in [0.2, 0.25) is 0 Å². The first kappa shape index (κ1) is 22.7. The van der Waals surface area contributed by atoms with Crippen LogP contribution in [-0.4, -0.2) is 54.5 Å². The molecule has 1 aliphatic rings. The second kappa shape index (κ2) is 10.0. The monoisotopic (exact) mass is 488 g/mol. The van der Waals surface area contributed by atoms with Crippen molar-refractivity contribution in [3.05, 3.63) is 79.4 Å². The summed E-state index contributed by atoms with van der Waals surface area (Å²) in [4.78, 5) is 19.9. The Bertz CT molecular complexity index is 1400. The third-order valence-electron chi connectivity index (χ3n) is 5.43.